The summed E-state index contributed by atoms with van der Waals surface area (Å²) in [6.07, 6.45) is 2.72. The Kier molecular flexibility index (Phi) is 5.23. The minimum atomic E-state index is -0.321. The number of halogens is 2. The monoisotopic (exact) mass is 445 g/mol. The number of amides is 1. The summed E-state index contributed by atoms with van der Waals surface area (Å²) >= 11 is 14.7. The van der Waals surface area contributed by atoms with E-state index in [2.05, 4.69) is 15.3 Å². The number of para-hydroxylation sites is 2. The van der Waals surface area contributed by atoms with E-state index in [0.29, 0.717) is 5.02 Å². The molecular formula is C22H21Cl2N3OS. The van der Waals surface area contributed by atoms with Crippen LogP contribution in [0.2, 0.25) is 5.02 Å². The van der Waals surface area contributed by atoms with Crippen LogP contribution in [0, 0.1) is 5.92 Å². The molecule has 1 amide bonds. The number of nitrogens with zero attached hydrogens (tertiary/aromatic N) is 1. The van der Waals surface area contributed by atoms with Gasteiger partial charge in [-0.3, -0.25) is 4.79 Å². The van der Waals surface area contributed by atoms with Crippen molar-refractivity contribution in [1.82, 2.24) is 15.3 Å². The zero-order valence-corrected chi connectivity index (χ0v) is 18.0. The zero-order chi connectivity index (χ0) is 20.0. The summed E-state index contributed by atoms with van der Waals surface area (Å²) in [5.41, 5.74) is 2.90. The van der Waals surface area contributed by atoms with Crippen molar-refractivity contribution in [2.45, 2.75) is 47.0 Å². The number of thioether (sulfide) groups is 1. The molecule has 5 unspecified atom stereocenters. The van der Waals surface area contributed by atoms with Crippen LogP contribution in [0.3, 0.4) is 0 Å². The van der Waals surface area contributed by atoms with Crippen LogP contribution in [0.15, 0.2) is 53.7 Å². The first-order valence-electron chi connectivity index (χ1n) is 9.90. The fourth-order valence-electron chi connectivity index (χ4n) is 4.75. The Labute approximate surface area is 183 Å². The van der Waals surface area contributed by atoms with E-state index in [1.54, 1.807) is 0 Å². The van der Waals surface area contributed by atoms with Crippen molar-refractivity contribution < 1.29 is 4.79 Å². The first kappa shape index (κ1) is 19.3. The topological polar surface area (TPSA) is 57.8 Å². The van der Waals surface area contributed by atoms with E-state index in [4.69, 9.17) is 23.2 Å². The van der Waals surface area contributed by atoms with Gasteiger partial charge in [0, 0.05) is 22.4 Å². The molecule has 2 N–H and O–H groups in total. The second-order valence-corrected chi connectivity index (χ2v) is 9.99. The lowest BCUT2D eigenvalue weighted by atomic mass is 9.69. The third-order valence-corrected chi connectivity index (χ3v) is 8.00. The molecule has 7 heteroatoms. The van der Waals surface area contributed by atoms with E-state index >= 15 is 0 Å². The maximum atomic E-state index is 13.2. The summed E-state index contributed by atoms with van der Waals surface area (Å²) in [5, 5.41) is 4.53. The van der Waals surface area contributed by atoms with Crippen LogP contribution in [0.5, 0.6) is 0 Å². The molecule has 0 spiro atoms. The molecule has 1 aromatic heterocycles. The van der Waals surface area contributed by atoms with Crippen LogP contribution in [-0.2, 0) is 4.79 Å². The average molecular weight is 446 g/mol. The number of imidazole rings is 1. The molecule has 1 saturated heterocycles. The van der Waals surface area contributed by atoms with Crippen molar-refractivity contribution in [2.75, 3.05) is 0 Å². The SMILES string of the molecule is O=C1NC2CCC(Cl)CC2C(c2ccccc2Cl)C1Sc1nc2ccccc2[nH]1. The Morgan fingerprint density at radius 3 is 2.69 bits per heavy atom. The van der Waals surface area contributed by atoms with Gasteiger partial charge in [-0.2, -0.15) is 0 Å². The minimum Gasteiger partial charge on any atom is -0.352 e. The second-order valence-electron chi connectivity index (χ2n) is 7.83. The molecule has 150 valence electrons. The zero-order valence-electron chi connectivity index (χ0n) is 15.6. The van der Waals surface area contributed by atoms with Crippen molar-refractivity contribution in [2.24, 2.45) is 5.92 Å². The third-order valence-electron chi connectivity index (χ3n) is 6.08. The molecule has 1 aliphatic heterocycles. The highest BCUT2D eigenvalue weighted by molar-refractivity contribution is 8.00. The molecule has 2 heterocycles. The average Bonchev–Trinajstić information content (AvgIpc) is 3.12. The fraction of sp³-hybridized carbons (Fsp3) is 0.364. The predicted octanol–water partition coefficient (Wildman–Crippen LogP) is 5.37. The van der Waals surface area contributed by atoms with E-state index in [0.717, 1.165) is 41.0 Å². The molecule has 2 aromatic carbocycles. The normalized spacial score (nSPS) is 29.4. The van der Waals surface area contributed by atoms with Gasteiger partial charge >= 0.3 is 0 Å². The molecule has 1 aliphatic carbocycles. The van der Waals surface area contributed by atoms with E-state index in [9.17, 15) is 4.79 Å². The number of carbonyl (C=O) groups excluding carboxylic acids is 1. The van der Waals surface area contributed by atoms with Crippen LogP contribution in [-0.4, -0.2) is 32.5 Å². The Balaban J connectivity index is 1.55. The molecular weight excluding hydrogens is 425 g/mol. The standard InChI is InChI=1S/C22H21Cl2N3OS/c23-12-9-10-16-14(11-12)19(13-5-1-2-6-15(13)24)20(21(28)25-16)29-22-26-17-7-3-4-8-18(17)27-22/h1-8,12,14,16,19-20H,9-11H2,(H,25,28)(H,26,27). The Morgan fingerprint density at radius 2 is 1.86 bits per heavy atom. The van der Waals surface area contributed by atoms with E-state index < -0.39 is 0 Å². The summed E-state index contributed by atoms with van der Waals surface area (Å²) in [7, 11) is 0. The number of alkyl halides is 1. The number of rotatable bonds is 3. The number of hydrogen-bond donors (Lipinski definition) is 2. The van der Waals surface area contributed by atoms with Crippen LogP contribution in [0.25, 0.3) is 11.0 Å². The molecule has 1 saturated carbocycles. The fourth-order valence-corrected chi connectivity index (χ4v) is 6.58. The third kappa shape index (κ3) is 3.65. The first-order valence-corrected chi connectivity index (χ1v) is 11.6. The van der Waals surface area contributed by atoms with Crippen molar-refractivity contribution in [3.05, 3.63) is 59.1 Å². The van der Waals surface area contributed by atoms with Crippen molar-refractivity contribution in [3.63, 3.8) is 0 Å². The van der Waals surface area contributed by atoms with Crippen molar-refractivity contribution in [1.29, 1.82) is 0 Å². The van der Waals surface area contributed by atoms with E-state index in [1.807, 2.05) is 48.5 Å². The van der Waals surface area contributed by atoms with Crippen molar-refractivity contribution >= 4 is 51.9 Å². The largest absolute Gasteiger partial charge is 0.352 e. The lowest BCUT2D eigenvalue weighted by molar-refractivity contribution is -0.125. The van der Waals surface area contributed by atoms with Gasteiger partial charge in [-0.25, -0.2) is 4.98 Å². The minimum absolute atomic E-state index is 0.0118. The van der Waals surface area contributed by atoms with Gasteiger partial charge < -0.3 is 10.3 Å². The predicted molar refractivity (Wildman–Crippen MR) is 119 cm³/mol. The number of carbonyl (C=O) groups is 1. The van der Waals surface area contributed by atoms with Crippen LogP contribution < -0.4 is 5.32 Å². The smallest absolute Gasteiger partial charge is 0.234 e. The molecule has 0 radical (unpaired) electrons. The molecule has 5 rings (SSSR count). The Morgan fingerprint density at radius 1 is 1.07 bits per heavy atom. The van der Waals surface area contributed by atoms with E-state index in [-0.39, 0.29) is 34.4 Å². The first-order chi connectivity index (χ1) is 14.1. The van der Waals surface area contributed by atoms with Gasteiger partial charge in [0.05, 0.1) is 16.3 Å². The lowest BCUT2D eigenvalue weighted by Gasteiger charge is -2.46. The van der Waals surface area contributed by atoms with E-state index in [1.165, 1.54) is 11.8 Å². The van der Waals surface area contributed by atoms with Gasteiger partial charge in [-0.15, -0.1) is 11.6 Å². The Hall–Kier alpha value is -1.69. The number of piperidine rings is 1. The number of fused-ring (bicyclic) bond motifs is 2. The maximum absolute atomic E-state index is 13.2. The summed E-state index contributed by atoms with van der Waals surface area (Å²) < 4.78 is 0. The quantitative estimate of drug-likeness (QED) is 0.532. The summed E-state index contributed by atoms with van der Waals surface area (Å²) in [6.45, 7) is 0. The highest BCUT2D eigenvalue weighted by atomic mass is 35.5. The highest BCUT2D eigenvalue weighted by Gasteiger charge is 2.48. The number of benzene rings is 2. The van der Waals surface area contributed by atoms with Gasteiger partial charge in [0.15, 0.2) is 5.16 Å². The highest BCUT2D eigenvalue weighted by Crippen LogP contribution is 2.48. The molecule has 3 aromatic rings. The van der Waals surface area contributed by atoms with Crippen LogP contribution in [0.1, 0.15) is 30.7 Å². The molecule has 5 atom stereocenters. The van der Waals surface area contributed by atoms with Crippen LogP contribution >= 0.6 is 35.0 Å². The lowest BCUT2D eigenvalue weighted by Crippen LogP contribution is -2.57. The number of hydrogen-bond acceptors (Lipinski definition) is 3. The number of H-pyrrole nitrogens is 1. The molecule has 4 nitrogen and oxygen atoms in total. The Bertz CT molecular complexity index is 1020. The second kappa shape index (κ2) is 7.86. The van der Waals surface area contributed by atoms with Gasteiger partial charge in [0.25, 0.3) is 0 Å². The summed E-state index contributed by atoms with van der Waals surface area (Å²) in [4.78, 5) is 21.2. The molecule has 29 heavy (non-hydrogen) atoms. The van der Waals surface area contributed by atoms with Gasteiger partial charge in [-0.05, 0) is 48.9 Å². The summed E-state index contributed by atoms with van der Waals surface area (Å²) in [6, 6.07) is 15.9. The van der Waals surface area contributed by atoms with Gasteiger partial charge in [0.2, 0.25) is 5.91 Å². The van der Waals surface area contributed by atoms with Gasteiger partial charge in [-0.1, -0.05) is 53.7 Å². The number of nitrogens with one attached hydrogen (secondary N) is 2. The number of aromatic amines is 1. The molecule has 0 bridgehead atoms. The van der Waals surface area contributed by atoms with Crippen molar-refractivity contribution in [3.8, 4) is 0 Å². The molecule has 2 fully saturated rings. The van der Waals surface area contributed by atoms with Crippen LogP contribution in [0.4, 0.5) is 0 Å². The number of aromatic nitrogens is 2. The summed E-state index contributed by atoms with van der Waals surface area (Å²) in [5.74, 6) is 0.294. The maximum Gasteiger partial charge on any atom is 0.234 e. The van der Waals surface area contributed by atoms with Gasteiger partial charge in [0.1, 0.15) is 0 Å². The molecule has 2 aliphatic rings.